The number of ether oxygens (including phenoxy) is 1. The molecule has 1 aliphatic heterocycles. The Balaban J connectivity index is 1.55. The van der Waals surface area contributed by atoms with Gasteiger partial charge in [-0.15, -0.1) is 0 Å². The minimum Gasteiger partial charge on any atom is -0.379 e. The van der Waals surface area contributed by atoms with Gasteiger partial charge in [-0.2, -0.15) is 0 Å². The van der Waals surface area contributed by atoms with Crippen molar-refractivity contribution in [2.75, 3.05) is 43.4 Å². The molecule has 0 radical (unpaired) electrons. The summed E-state index contributed by atoms with van der Waals surface area (Å²) in [6.07, 6.45) is 0.984. The number of sulfonamides is 1. The highest BCUT2D eigenvalue weighted by Crippen LogP contribution is 2.18. The molecule has 1 fully saturated rings. The molecule has 1 aliphatic rings. The highest BCUT2D eigenvalue weighted by Gasteiger charge is 2.21. The monoisotopic (exact) mass is 435 g/mol. The molecule has 9 heteroatoms. The lowest BCUT2D eigenvalue weighted by atomic mass is 10.1. The molecular formula is C21H26FN3O4S. The van der Waals surface area contributed by atoms with Crippen molar-refractivity contribution in [3.8, 4) is 0 Å². The second-order valence-electron chi connectivity index (χ2n) is 7.23. The molecule has 1 heterocycles. The Bertz CT molecular complexity index is 960. The molecule has 0 unspecified atom stereocenters. The fourth-order valence-electron chi connectivity index (χ4n) is 3.20. The predicted octanol–water partition coefficient (Wildman–Crippen LogP) is 1.74. The lowest BCUT2D eigenvalue weighted by Crippen LogP contribution is -2.40. The van der Waals surface area contributed by atoms with E-state index in [-0.39, 0.29) is 12.2 Å². The van der Waals surface area contributed by atoms with E-state index in [0.29, 0.717) is 0 Å². The van der Waals surface area contributed by atoms with Crippen LogP contribution in [-0.2, 0) is 32.6 Å². The van der Waals surface area contributed by atoms with Crippen LogP contribution in [0.4, 0.5) is 10.1 Å². The minimum absolute atomic E-state index is 0.111. The van der Waals surface area contributed by atoms with Crippen LogP contribution in [0.25, 0.3) is 0 Å². The van der Waals surface area contributed by atoms with Gasteiger partial charge in [-0.3, -0.25) is 14.0 Å². The summed E-state index contributed by atoms with van der Waals surface area (Å²) in [7, 11) is -3.74. The highest BCUT2D eigenvalue weighted by atomic mass is 32.2. The first-order chi connectivity index (χ1) is 14.3. The third kappa shape index (κ3) is 6.51. The topological polar surface area (TPSA) is 79.0 Å². The van der Waals surface area contributed by atoms with Crippen molar-refractivity contribution in [2.24, 2.45) is 0 Å². The Morgan fingerprint density at radius 2 is 1.80 bits per heavy atom. The number of hydrogen-bond donors (Lipinski definition) is 1. The van der Waals surface area contributed by atoms with Crippen LogP contribution in [0.1, 0.15) is 11.1 Å². The molecular weight excluding hydrogens is 409 g/mol. The molecule has 0 aliphatic carbocycles. The van der Waals surface area contributed by atoms with Crippen LogP contribution < -0.4 is 9.62 Å². The van der Waals surface area contributed by atoms with Crippen molar-refractivity contribution in [1.82, 2.24) is 10.2 Å². The van der Waals surface area contributed by atoms with E-state index in [1.54, 1.807) is 0 Å². The highest BCUT2D eigenvalue weighted by molar-refractivity contribution is 7.92. The molecule has 30 heavy (non-hydrogen) atoms. The maximum absolute atomic E-state index is 13.5. The van der Waals surface area contributed by atoms with Crippen LogP contribution in [0.3, 0.4) is 0 Å². The normalized spacial score (nSPS) is 15.0. The van der Waals surface area contributed by atoms with Crippen LogP contribution >= 0.6 is 0 Å². The predicted molar refractivity (Wildman–Crippen MR) is 113 cm³/mol. The first-order valence-electron chi connectivity index (χ1n) is 9.69. The van der Waals surface area contributed by atoms with Crippen molar-refractivity contribution < 1.29 is 22.3 Å². The molecule has 0 atom stereocenters. The van der Waals surface area contributed by atoms with E-state index >= 15 is 0 Å². The largest absolute Gasteiger partial charge is 0.379 e. The summed E-state index contributed by atoms with van der Waals surface area (Å²) in [5.74, 6) is -1.04. The zero-order chi connectivity index (χ0) is 21.6. The van der Waals surface area contributed by atoms with Gasteiger partial charge in [0.2, 0.25) is 15.9 Å². The van der Waals surface area contributed by atoms with Gasteiger partial charge >= 0.3 is 0 Å². The van der Waals surface area contributed by atoms with Gasteiger partial charge in [0.05, 0.1) is 25.2 Å². The molecule has 2 aromatic rings. The third-order valence-corrected chi connectivity index (χ3v) is 5.95. The van der Waals surface area contributed by atoms with Gasteiger partial charge in [0, 0.05) is 26.2 Å². The molecule has 2 aromatic carbocycles. The Hall–Kier alpha value is -2.49. The number of morpholine rings is 1. The molecule has 0 saturated carbocycles. The van der Waals surface area contributed by atoms with E-state index in [0.717, 1.165) is 55.0 Å². The molecule has 1 N–H and O–H groups in total. The lowest BCUT2D eigenvalue weighted by Gasteiger charge is -2.26. The zero-order valence-electron chi connectivity index (χ0n) is 16.9. The van der Waals surface area contributed by atoms with E-state index < -0.39 is 28.3 Å². The zero-order valence-corrected chi connectivity index (χ0v) is 17.7. The van der Waals surface area contributed by atoms with Crippen LogP contribution in [0.2, 0.25) is 0 Å². The number of amides is 1. The van der Waals surface area contributed by atoms with Crippen molar-refractivity contribution in [1.29, 1.82) is 0 Å². The van der Waals surface area contributed by atoms with Crippen molar-refractivity contribution >= 4 is 21.6 Å². The smallest absolute Gasteiger partial charge is 0.241 e. The second-order valence-corrected chi connectivity index (χ2v) is 9.14. The summed E-state index contributed by atoms with van der Waals surface area (Å²) in [5, 5.41) is 2.72. The minimum atomic E-state index is -3.74. The Morgan fingerprint density at radius 3 is 2.43 bits per heavy atom. The molecule has 1 saturated heterocycles. The van der Waals surface area contributed by atoms with E-state index in [1.165, 1.54) is 23.8 Å². The van der Waals surface area contributed by atoms with E-state index in [2.05, 4.69) is 10.2 Å². The summed E-state index contributed by atoms with van der Waals surface area (Å²) in [5.41, 5.74) is 2.20. The van der Waals surface area contributed by atoms with Gasteiger partial charge in [0.15, 0.2) is 0 Å². The van der Waals surface area contributed by atoms with Crippen molar-refractivity contribution in [3.05, 3.63) is 65.5 Å². The first kappa shape index (κ1) is 22.2. The Labute approximate surface area is 176 Å². The molecule has 7 nitrogen and oxygen atoms in total. The Morgan fingerprint density at radius 1 is 1.13 bits per heavy atom. The van der Waals surface area contributed by atoms with Gasteiger partial charge in [-0.25, -0.2) is 12.8 Å². The van der Waals surface area contributed by atoms with Gasteiger partial charge in [-0.05, 0) is 29.3 Å². The van der Waals surface area contributed by atoms with Crippen LogP contribution in [0, 0.1) is 5.82 Å². The van der Waals surface area contributed by atoms with Gasteiger partial charge in [0.25, 0.3) is 0 Å². The van der Waals surface area contributed by atoms with E-state index in [9.17, 15) is 17.6 Å². The van der Waals surface area contributed by atoms with Crippen molar-refractivity contribution in [2.45, 2.75) is 13.1 Å². The number of rotatable bonds is 8. The molecule has 162 valence electrons. The number of anilines is 1. The summed E-state index contributed by atoms with van der Waals surface area (Å²) < 4.78 is 43.8. The van der Waals surface area contributed by atoms with Crippen molar-refractivity contribution in [3.63, 3.8) is 0 Å². The Kier molecular flexibility index (Phi) is 7.41. The maximum atomic E-state index is 13.5. The van der Waals surface area contributed by atoms with Crippen LogP contribution in [0.15, 0.2) is 48.5 Å². The van der Waals surface area contributed by atoms with E-state index in [4.69, 9.17) is 4.74 Å². The summed E-state index contributed by atoms with van der Waals surface area (Å²) >= 11 is 0. The lowest BCUT2D eigenvalue weighted by molar-refractivity contribution is -0.119. The number of benzene rings is 2. The average molecular weight is 436 g/mol. The van der Waals surface area contributed by atoms with E-state index in [1.807, 2.05) is 24.3 Å². The van der Waals surface area contributed by atoms with Crippen LogP contribution in [0.5, 0.6) is 0 Å². The summed E-state index contributed by atoms with van der Waals surface area (Å²) in [4.78, 5) is 14.7. The van der Waals surface area contributed by atoms with Gasteiger partial charge in [0.1, 0.15) is 12.4 Å². The number of nitrogens with one attached hydrogen (secondary N) is 1. The number of carbonyl (C=O) groups excluding carboxylic acids is 1. The molecule has 3 rings (SSSR count). The maximum Gasteiger partial charge on any atom is 0.241 e. The standard InChI is InChI=1S/C21H26FN3O4S/c1-30(27,28)25(20-4-2-3-19(22)13-20)16-21(26)23-14-17-5-7-18(8-6-17)15-24-9-11-29-12-10-24/h2-8,13H,9-12,14-16H2,1H3,(H,23,26). The second kappa shape index (κ2) is 10.0. The van der Waals surface area contributed by atoms with Gasteiger partial charge in [-0.1, -0.05) is 30.3 Å². The summed E-state index contributed by atoms with van der Waals surface area (Å²) in [6, 6.07) is 13.1. The number of carbonyl (C=O) groups is 1. The molecule has 0 bridgehead atoms. The molecule has 0 spiro atoms. The average Bonchev–Trinajstić information content (AvgIpc) is 2.71. The summed E-state index contributed by atoms with van der Waals surface area (Å²) in [6.45, 7) is 4.05. The van der Waals surface area contributed by atoms with Crippen LogP contribution in [-0.4, -0.2) is 58.3 Å². The fourth-order valence-corrected chi connectivity index (χ4v) is 4.05. The molecule has 1 amide bonds. The number of nitrogens with zero attached hydrogens (tertiary/aromatic N) is 2. The van der Waals surface area contributed by atoms with Gasteiger partial charge < -0.3 is 10.1 Å². The fraction of sp³-hybridized carbons (Fsp3) is 0.381. The SMILES string of the molecule is CS(=O)(=O)N(CC(=O)NCc1ccc(CN2CCOCC2)cc1)c1cccc(F)c1. The third-order valence-electron chi connectivity index (χ3n) is 4.81. The number of halogens is 1. The molecule has 0 aromatic heterocycles. The first-order valence-corrected chi connectivity index (χ1v) is 11.5. The number of hydrogen-bond acceptors (Lipinski definition) is 5. The quantitative estimate of drug-likeness (QED) is 0.683.